The molecule has 3 N–H and O–H groups in total. The third-order valence-corrected chi connectivity index (χ3v) is 9.53. The molecule has 2 aliphatic carbocycles. The average Bonchev–Trinajstić information content (AvgIpc) is 3.28. The number of carbonyl (C=O) groups is 1. The average molecular weight is 563 g/mol. The van der Waals surface area contributed by atoms with Gasteiger partial charge in [-0.2, -0.15) is 5.10 Å². The number of hydrogen-bond donors (Lipinski definition) is 2. The van der Waals surface area contributed by atoms with Crippen molar-refractivity contribution in [1.82, 2.24) is 14.8 Å². The lowest BCUT2D eigenvalue weighted by Crippen LogP contribution is -2.12. The van der Waals surface area contributed by atoms with E-state index in [2.05, 4.69) is 29.2 Å². The summed E-state index contributed by atoms with van der Waals surface area (Å²) in [5.41, 5.74) is 6.25. The van der Waals surface area contributed by atoms with Gasteiger partial charge in [-0.05, 0) is 73.3 Å². The number of nitrogens with zero attached hydrogens (tertiary/aromatic N) is 3. The Kier molecular flexibility index (Phi) is 6.86. The molecule has 39 heavy (non-hydrogen) atoms. The molecule has 2 saturated carbocycles. The van der Waals surface area contributed by atoms with Crippen molar-refractivity contribution in [2.24, 2.45) is 11.1 Å². The molecule has 2 aliphatic rings. The number of aromatic carboxylic acids is 1. The first-order valence-electron chi connectivity index (χ1n) is 13.3. The lowest BCUT2D eigenvalue weighted by molar-refractivity contribution is 0.0691. The number of nitrogens with two attached hydrogens (primary N) is 1. The number of rotatable bonds is 9. The molecule has 2 aromatic heterocycles. The van der Waals surface area contributed by atoms with Gasteiger partial charge in [0.25, 0.3) is 0 Å². The van der Waals surface area contributed by atoms with Crippen LogP contribution in [0.4, 0.5) is 0 Å². The van der Waals surface area contributed by atoms with E-state index < -0.39 is 16.0 Å². The highest BCUT2D eigenvalue weighted by Crippen LogP contribution is 2.40. The molecular formula is C29H30N4O4S2. The molecule has 2 fully saturated rings. The van der Waals surface area contributed by atoms with Crippen LogP contribution in [0, 0.1) is 5.92 Å². The zero-order chi connectivity index (χ0) is 27.1. The van der Waals surface area contributed by atoms with Gasteiger partial charge in [0.1, 0.15) is 0 Å². The third kappa shape index (κ3) is 5.54. The minimum Gasteiger partial charge on any atom is -0.476 e. The van der Waals surface area contributed by atoms with Gasteiger partial charge in [-0.1, -0.05) is 43.2 Å². The van der Waals surface area contributed by atoms with E-state index in [0.29, 0.717) is 23.4 Å². The van der Waals surface area contributed by atoms with E-state index in [1.165, 1.54) is 54.7 Å². The molecule has 202 valence electrons. The zero-order valence-electron chi connectivity index (χ0n) is 21.4. The fourth-order valence-corrected chi connectivity index (χ4v) is 6.81. The minimum absolute atomic E-state index is 0.00721. The standard InChI is InChI=1S/C29H30N4O4S2/c30-39(36,37)23-12-10-18(11-13-23)14-24-26(15-19-8-9-19)33(29-31-25(17-38-29)28(34)35)32-27(24)22-7-3-6-21(16-22)20-4-1-2-5-20/h3,6-7,10-13,16-17,19-20H,1-2,4-5,8-9,14-15H2,(H,34,35)(H2,30,36,37). The first kappa shape index (κ1) is 25.9. The number of aromatic nitrogens is 3. The zero-order valence-corrected chi connectivity index (χ0v) is 23.0. The molecule has 10 heteroatoms. The van der Waals surface area contributed by atoms with Crippen LogP contribution in [-0.2, 0) is 22.9 Å². The Balaban J connectivity index is 1.49. The lowest BCUT2D eigenvalue weighted by atomic mass is 9.92. The summed E-state index contributed by atoms with van der Waals surface area (Å²) in [7, 11) is -3.78. The van der Waals surface area contributed by atoms with Crippen LogP contribution in [0.15, 0.2) is 58.8 Å². The Morgan fingerprint density at radius 2 is 1.82 bits per heavy atom. The first-order chi connectivity index (χ1) is 18.8. The Bertz CT molecular complexity index is 1630. The predicted octanol–water partition coefficient (Wildman–Crippen LogP) is 5.54. The molecule has 0 unspecified atom stereocenters. The van der Waals surface area contributed by atoms with Crippen molar-refractivity contribution in [3.8, 4) is 16.4 Å². The van der Waals surface area contributed by atoms with Crippen LogP contribution in [0.3, 0.4) is 0 Å². The normalized spacial score (nSPS) is 16.1. The monoisotopic (exact) mass is 562 g/mol. The summed E-state index contributed by atoms with van der Waals surface area (Å²) in [4.78, 5) is 16.0. The van der Waals surface area contributed by atoms with E-state index in [-0.39, 0.29) is 10.6 Å². The van der Waals surface area contributed by atoms with Crippen molar-refractivity contribution in [1.29, 1.82) is 0 Å². The summed E-state index contributed by atoms with van der Waals surface area (Å²) < 4.78 is 25.4. The summed E-state index contributed by atoms with van der Waals surface area (Å²) in [6.07, 6.45) is 8.58. The number of carboxylic acids is 1. The van der Waals surface area contributed by atoms with E-state index in [0.717, 1.165) is 47.3 Å². The molecule has 0 saturated heterocycles. The second-order valence-corrected chi connectivity index (χ2v) is 13.0. The number of thiazole rings is 1. The number of carboxylic acid groups (broad SMARTS) is 1. The number of sulfonamides is 1. The van der Waals surface area contributed by atoms with Gasteiger partial charge >= 0.3 is 5.97 Å². The number of benzene rings is 2. The van der Waals surface area contributed by atoms with Crippen molar-refractivity contribution in [2.45, 2.75) is 62.2 Å². The Hall–Kier alpha value is -3.34. The molecule has 6 rings (SSSR count). The number of primary sulfonamides is 1. The van der Waals surface area contributed by atoms with Gasteiger partial charge in [0, 0.05) is 22.9 Å². The molecule has 0 amide bonds. The Morgan fingerprint density at radius 3 is 2.46 bits per heavy atom. The third-order valence-electron chi connectivity index (χ3n) is 7.78. The Labute approximate surface area is 231 Å². The first-order valence-corrected chi connectivity index (χ1v) is 15.7. The van der Waals surface area contributed by atoms with E-state index >= 15 is 0 Å². The summed E-state index contributed by atoms with van der Waals surface area (Å²) in [5.74, 6) is 0.0536. The fraction of sp³-hybridized carbons (Fsp3) is 0.345. The van der Waals surface area contributed by atoms with Gasteiger partial charge in [0.15, 0.2) is 5.69 Å². The molecule has 8 nitrogen and oxygen atoms in total. The predicted molar refractivity (Wildman–Crippen MR) is 150 cm³/mol. The second-order valence-electron chi connectivity index (χ2n) is 10.6. The molecule has 0 atom stereocenters. The SMILES string of the molecule is NS(=O)(=O)c1ccc(Cc2c(-c3cccc(C4CCCC4)c3)nn(-c3nc(C(=O)O)cs3)c2CC2CC2)cc1. The molecule has 4 aromatic rings. The Morgan fingerprint density at radius 1 is 1.08 bits per heavy atom. The van der Waals surface area contributed by atoms with Crippen LogP contribution >= 0.6 is 11.3 Å². The van der Waals surface area contributed by atoms with Crippen LogP contribution in [-0.4, -0.2) is 34.3 Å². The van der Waals surface area contributed by atoms with Crippen LogP contribution in [0.5, 0.6) is 0 Å². The molecule has 2 aromatic carbocycles. The van der Waals surface area contributed by atoms with Gasteiger partial charge in [0.2, 0.25) is 15.2 Å². The van der Waals surface area contributed by atoms with Crippen LogP contribution < -0.4 is 5.14 Å². The molecule has 0 spiro atoms. The largest absolute Gasteiger partial charge is 0.476 e. The summed E-state index contributed by atoms with van der Waals surface area (Å²) in [5, 5.41) is 22.0. The van der Waals surface area contributed by atoms with E-state index in [9.17, 15) is 18.3 Å². The van der Waals surface area contributed by atoms with Crippen LogP contribution in [0.25, 0.3) is 16.4 Å². The smallest absolute Gasteiger partial charge is 0.355 e. The highest BCUT2D eigenvalue weighted by molar-refractivity contribution is 7.89. The molecule has 0 aliphatic heterocycles. The quantitative estimate of drug-likeness (QED) is 0.276. The van der Waals surface area contributed by atoms with Gasteiger partial charge < -0.3 is 5.11 Å². The van der Waals surface area contributed by atoms with Crippen molar-refractivity contribution >= 4 is 27.3 Å². The fourth-order valence-electron chi connectivity index (χ4n) is 5.53. The van der Waals surface area contributed by atoms with Gasteiger partial charge in [-0.25, -0.2) is 28.0 Å². The molecular weight excluding hydrogens is 532 g/mol. The van der Waals surface area contributed by atoms with E-state index in [1.54, 1.807) is 17.5 Å². The van der Waals surface area contributed by atoms with E-state index in [4.69, 9.17) is 10.2 Å². The van der Waals surface area contributed by atoms with Crippen molar-refractivity contribution in [3.05, 3.63) is 82.0 Å². The summed E-state index contributed by atoms with van der Waals surface area (Å²) in [6.45, 7) is 0. The maximum atomic E-state index is 11.8. The minimum atomic E-state index is -3.78. The topological polar surface area (TPSA) is 128 Å². The van der Waals surface area contributed by atoms with Crippen LogP contribution in [0.2, 0.25) is 0 Å². The van der Waals surface area contributed by atoms with Crippen molar-refractivity contribution in [3.63, 3.8) is 0 Å². The van der Waals surface area contributed by atoms with Crippen molar-refractivity contribution in [2.75, 3.05) is 0 Å². The lowest BCUT2D eigenvalue weighted by Gasteiger charge is -2.12. The maximum absolute atomic E-state index is 11.8. The molecule has 0 radical (unpaired) electrons. The second kappa shape index (κ2) is 10.3. The van der Waals surface area contributed by atoms with Crippen LogP contribution in [0.1, 0.15) is 77.3 Å². The van der Waals surface area contributed by atoms with Crippen molar-refractivity contribution < 1.29 is 18.3 Å². The van der Waals surface area contributed by atoms with Gasteiger partial charge in [-0.15, -0.1) is 11.3 Å². The maximum Gasteiger partial charge on any atom is 0.355 e. The highest BCUT2D eigenvalue weighted by Gasteiger charge is 2.29. The van der Waals surface area contributed by atoms with E-state index in [1.807, 2.05) is 4.68 Å². The van der Waals surface area contributed by atoms with Gasteiger partial charge in [-0.3, -0.25) is 0 Å². The molecule has 2 heterocycles. The summed E-state index contributed by atoms with van der Waals surface area (Å²) >= 11 is 1.27. The van der Waals surface area contributed by atoms with Gasteiger partial charge in [0.05, 0.1) is 16.3 Å². The molecule has 0 bridgehead atoms. The highest BCUT2D eigenvalue weighted by atomic mass is 32.2. The summed E-state index contributed by atoms with van der Waals surface area (Å²) in [6, 6.07) is 15.3. The number of hydrogen-bond acceptors (Lipinski definition) is 6.